The molecule has 2 heterocycles. The minimum atomic E-state index is 0.962. The molecule has 0 atom stereocenters. The fraction of sp³-hybridized carbons (Fsp3) is 0.217. The van der Waals surface area contributed by atoms with Gasteiger partial charge in [-0.3, -0.25) is 0 Å². The van der Waals surface area contributed by atoms with Gasteiger partial charge in [0.05, 0.1) is 0 Å². The second-order valence-corrected chi connectivity index (χ2v) is 7.14. The zero-order valence-electron chi connectivity index (χ0n) is 15.5. The smallest absolute Gasteiger partial charge is 0.154 e. The number of aromatic nitrogens is 2. The van der Waals surface area contributed by atoms with Gasteiger partial charge in [-0.2, -0.15) is 0 Å². The topological polar surface area (TPSA) is 32.3 Å². The van der Waals surface area contributed by atoms with Crippen molar-refractivity contribution in [1.82, 2.24) is 10.2 Å². The molecule has 4 nitrogen and oxygen atoms in total. The Morgan fingerprint density at radius 3 is 2.19 bits per heavy atom. The number of piperazine rings is 1. The molecule has 4 heteroatoms. The minimum Gasteiger partial charge on any atom is -0.368 e. The van der Waals surface area contributed by atoms with Gasteiger partial charge in [-0.05, 0) is 24.4 Å². The lowest BCUT2D eigenvalue weighted by molar-refractivity contribution is 0.643. The van der Waals surface area contributed by atoms with Crippen LogP contribution in [0.4, 0.5) is 11.5 Å². The van der Waals surface area contributed by atoms with Gasteiger partial charge < -0.3 is 9.80 Å². The highest BCUT2D eigenvalue weighted by molar-refractivity contribution is 6.06. The largest absolute Gasteiger partial charge is 0.368 e. The number of hydrogen-bond donors (Lipinski definition) is 0. The molecule has 3 aromatic carbocycles. The van der Waals surface area contributed by atoms with Gasteiger partial charge in [0.2, 0.25) is 0 Å². The van der Waals surface area contributed by atoms with Gasteiger partial charge in [-0.25, -0.2) is 0 Å². The maximum absolute atomic E-state index is 4.64. The summed E-state index contributed by atoms with van der Waals surface area (Å²) in [7, 11) is 0. The van der Waals surface area contributed by atoms with Crippen molar-refractivity contribution in [2.24, 2.45) is 0 Å². The summed E-state index contributed by atoms with van der Waals surface area (Å²) in [6.07, 6.45) is 0. The van der Waals surface area contributed by atoms with E-state index in [9.17, 15) is 0 Å². The summed E-state index contributed by atoms with van der Waals surface area (Å²) in [5, 5.41) is 12.8. The molecular weight excluding hydrogens is 332 g/mol. The van der Waals surface area contributed by atoms with Crippen LogP contribution in [0.15, 0.2) is 66.7 Å². The van der Waals surface area contributed by atoms with Crippen molar-refractivity contribution in [2.75, 3.05) is 36.0 Å². The standard InChI is InChI=1S/C23H22N4/c1-17-20-12-11-18-7-5-6-10-21(18)22(20)24-25-23(17)27-15-13-26(14-16-27)19-8-3-2-4-9-19/h2-12H,13-16H2,1H3. The van der Waals surface area contributed by atoms with E-state index in [1.807, 2.05) is 0 Å². The molecule has 1 aliphatic rings. The fourth-order valence-electron chi connectivity index (χ4n) is 4.07. The number of rotatable bonds is 2. The molecule has 0 bridgehead atoms. The zero-order chi connectivity index (χ0) is 18.2. The number of para-hydroxylation sites is 1. The van der Waals surface area contributed by atoms with Crippen molar-refractivity contribution in [1.29, 1.82) is 0 Å². The monoisotopic (exact) mass is 354 g/mol. The average Bonchev–Trinajstić information content (AvgIpc) is 2.75. The molecule has 0 saturated carbocycles. The van der Waals surface area contributed by atoms with E-state index in [0.29, 0.717) is 0 Å². The van der Waals surface area contributed by atoms with Gasteiger partial charge >= 0.3 is 0 Å². The summed E-state index contributed by atoms with van der Waals surface area (Å²) in [5.41, 5.74) is 3.51. The Labute approximate surface area is 159 Å². The SMILES string of the molecule is Cc1c(N2CCN(c3ccccc3)CC2)nnc2c1ccc1ccccc12. The van der Waals surface area contributed by atoms with Crippen LogP contribution < -0.4 is 9.80 Å². The lowest BCUT2D eigenvalue weighted by Gasteiger charge is -2.37. The predicted molar refractivity (Wildman–Crippen MR) is 113 cm³/mol. The van der Waals surface area contributed by atoms with E-state index in [1.165, 1.54) is 27.4 Å². The Bertz CT molecular complexity index is 1100. The van der Waals surface area contributed by atoms with Gasteiger partial charge in [0.15, 0.2) is 5.82 Å². The van der Waals surface area contributed by atoms with Crippen molar-refractivity contribution in [2.45, 2.75) is 6.92 Å². The molecule has 0 radical (unpaired) electrons. The molecule has 1 saturated heterocycles. The summed E-state index contributed by atoms with van der Waals surface area (Å²) in [5.74, 6) is 1.02. The number of benzene rings is 3. The van der Waals surface area contributed by atoms with Gasteiger partial charge in [-0.15, -0.1) is 10.2 Å². The quantitative estimate of drug-likeness (QED) is 0.499. The first-order chi connectivity index (χ1) is 13.3. The Morgan fingerprint density at radius 1 is 0.667 bits per heavy atom. The molecule has 4 aromatic rings. The molecule has 5 rings (SSSR count). The van der Waals surface area contributed by atoms with Crippen molar-refractivity contribution in [3.8, 4) is 0 Å². The predicted octanol–water partition coefficient (Wildman–Crippen LogP) is 4.42. The third kappa shape index (κ3) is 2.78. The van der Waals surface area contributed by atoms with Crippen LogP contribution in [0.5, 0.6) is 0 Å². The van der Waals surface area contributed by atoms with Crippen LogP contribution in [0.3, 0.4) is 0 Å². The summed E-state index contributed by atoms with van der Waals surface area (Å²) in [6.45, 7) is 6.10. The van der Waals surface area contributed by atoms with Crippen molar-refractivity contribution >= 4 is 33.2 Å². The number of anilines is 2. The van der Waals surface area contributed by atoms with E-state index in [4.69, 9.17) is 0 Å². The number of nitrogens with zero attached hydrogens (tertiary/aromatic N) is 4. The van der Waals surface area contributed by atoms with E-state index in [2.05, 4.69) is 93.7 Å². The van der Waals surface area contributed by atoms with Crippen LogP contribution in [0.2, 0.25) is 0 Å². The first-order valence-corrected chi connectivity index (χ1v) is 9.51. The zero-order valence-corrected chi connectivity index (χ0v) is 15.5. The Hall–Kier alpha value is -3.14. The second-order valence-electron chi connectivity index (χ2n) is 7.14. The highest BCUT2D eigenvalue weighted by atomic mass is 15.3. The molecule has 0 amide bonds. The van der Waals surface area contributed by atoms with Gasteiger partial charge in [-0.1, -0.05) is 54.6 Å². The molecule has 1 aromatic heterocycles. The van der Waals surface area contributed by atoms with Crippen LogP contribution >= 0.6 is 0 Å². The number of aryl methyl sites for hydroxylation is 1. The maximum Gasteiger partial charge on any atom is 0.154 e. The second kappa shape index (κ2) is 6.54. The first-order valence-electron chi connectivity index (χ1n) is 9.51. The van der Waals surface area contributed by atoms with Crippen molar-refractivity contribution < 1.29 is 0 Å². The van der Waals surface area contributed by atoms with Crippen LogP contribution in [-0.4, -0.2) is 36.4 Å². The van der Waals surface area contributed by atoms with E-state index < -0.39 is 0 Å². The van der Waals surface area contributed by atoms with E-state index in [-0.39, 0.29) is 0 Å². The van der Waals surface area contributed by atoms with Crippen LogP contribution in [0.25, 0.3) is 21.7 Å². The third-order valence-corrected chi connectivity index (χ3v) is 5.59. The van der Waals surface area contributed by atoms with Gasteiger partial charge in [0.1, 0.15) is 5.52 Å². The lowest BCUT2D eigenvalue weighted by Crippen LogP contribution is -2.47. The minimum absolute atomic E-state index is 0.962. The molecular formula is C23H22N4. The molecule has 134 valence electrons. The highest BCUT2D eigenvalue weighted by Crippen LogP contribution is 2.30. The normalized spacial score (nSPS) is 14.9. The van der Waals surface area contributed by atoms with Gasteiger partial charge in [0, 0.05) is 48.2 Å². The van der Waals surface area contributed by atoms with E-state index >= 15 is 0 Å². The molecule has 0 spiro atoms. The molecule has 0 N–H and O–H groups in total. The molecule has 27 heavy (non-hydrogen) atoms. The third-order valence-electron chi connectivity index (χ3n) is 5.59. The van der Waals surface area contributed by atoms with E-state index in [0.717, 1.165) is 37.5 Å². The molecule has 1 aliphatic heterocycles. The maximum atomic E-state index is 4.64. The number of fused-ring (bicyclic) bond motifs is 3. The summed E-state index contributed by atoms with van der Waals surface area (Å²) in [4.78, 5) is 4.81. The Morgan fingerprint density at radius 2 is 1.37 bits per heavy atom. The van der Waals surface area contributed by atoms with Crippen molar-refractivity contribution in [3.63, 3.8) is 0 Å². The molecule has 0 aliphatic carbocycles. The van der Waals surface area contributed by atoms with E-state index in [1.54, 1.807) is 0 Å². The Balaban J connectivity index is 1.46. The summed E-state index contributed by atoms with van der Waals surface area (Å²) < 4.78 is 0. The summed E-state index contributed by atoms with van der Waals surface area (Å²) in [6, 6.07) is 23.4. The van der Waals surface area contributed by atoms with Gasteiger partial charge in [0.25, 0.3) is 0 Å². The lowest BCUT2D eigenvalue weighted by atomic mass is 10.0. The van der Waals surface area contributed by atoms with Crippen molar-refractivity contribution in [3.05, 3.63) is 72.3 Å². The average molecular weight is 354 g/mol. The summed E-state index contributed by atoms with van der Waals surface area (Å²) >= 11 is 0. The first kappa shape index (κ1) is 16.1. The highest BCUT2D eigenvalue weighted by Gasteiger charge is 2.21. The Kier molecular flexibility index (Phi) is 3.89. The van der Waals surface area contributed by atoms with Crippen LogP contribution in [0.1, 0.15) is 5.56 Å². The molecule has 1 fully saturated rings. The number of hydrogen-bond acceptors (Lipinski definition) is 4. The molecule has 0 unspecified atom stereocenters. The van der Waals surface area contributed by atoms with Crippen LogP contribution in [0, 0.1) is 6.92 Å². The van der Waals surface area contributed by atoms with Crippen LogP contribution in [-0.2, 0) is 0 Å². The fourth-order valence-corrected chi connectivity index (χ4v) is 4.07.